The molecule has 96 valence electrons. The minimum absolute atomic E-state index is 0.141. The fraction of sp³-hybridized carbons (Fsp3) is 0.833. The molecule has 0 aromatic rings. The van der Waals surface area contributed by atoms with Gasteiger partial charge in [-0.15, -0.1) is 0 Å². The van der Waals surface area contributed by atoms with Crippen molar-refractivity contribution in [1.29, 1.82) is 0 Å². The Morgan fingerprint density at radius 3 is 2.53 bits per heavy atom. The fourth-order valence-electron chi connectivity index (χ4n) is 3.23. The number of carbonyl (C=O) groups is 2. The molecule has 2 atom stereocenters. The second-order valence-corrected chi connectivity index (χ2v) is 4.72. The predicted octanol–water partition coefficient (Wildman–Crippen LogP) is 1.05. The topological polar surface area (TPSA) is 61.8 Å². The maximum absolute atomic E-state index is 11.9. The quantitative estimate of drug-likeness (QED) is 0.547. The molecule has 2 aliphatic carbocycles. The number of methoxy groups -OCH3 is 2. The summed E-state index contributed by atoms with van der Waals surface area (Å²) in [6.45, 7) is 1.35. The Bertz CT molecular complexity index is 347. The van der Waals surface area contributed by atoms with Crippen LogP contribution in [0, 0.1) is 5.92 Å². The molecule has 0 amide bonds. The maximum Gasteiger partial charge on any atom is 0.303 e. The summed E-state index contributed by atoms with van der Waals surface area (Å²) in [4.78, 5) is 23.1. The van der Waals surface area contributed by atoms with Crippen LogP contribution in [0.3, 0.4) is 0 Å². The summed E-state index contributed by atoms with van der Waals surface area (Å²) in [6, 6.07) is 0. The maximum atomic E-state index is 11.9. The van der Waals surface area contributed by atoms with Gasteiger partial charge in [-0.05, 0) is 12.8 Å². The molecule has 2 fully saturated rings. The highest BCUT2D eigenvalue weighted by Crippen LogP contribution is 2.58. The molecule has 0 heterocycles. The number of hydrogen-bond donors (Lipinski definition) is 0. The fourth-order valence-corrected chi connectivity index (χ4v) is 3.23. The van der Waals surface area contributed by atoms with E-state index in [-0.39, 0.29) is 11.7 Å². The van der Waals surface area contributed by atoms with Crippen molar-refractivity contribution in [2.24, 2.45) is 5.92 Å². The Labute approximate surface area is 100 Å². The van der Waals surface area contributed by atoms with Crippen LogP contribution in [-0.4, -0.2) is 37.4 Å². The van der Waals surface area contributed by atoms with E-state index in [1.165, 1.54) is 21.1 Å². The molecule has 2 aliphatic rings. The van der Waals surface area contributed by atoms with Crippen molar-refractivity contribution in [3.05, 3.63) is 0 Å². The largest absolute Gasteiger partial charge is 0.453 e. The lowest BCUT2D eigenvalue weighted by Crippen LogP contribution is -2.75. The summed E-state index contributed by atoms with van der Waals surface area (Å²) in [5.74, 6) is -1.50. The lowest BCUT2D eigenvalue weighted by Gasteiger charge is -2.61. The Balaban J connectivity index is 2.34. The van der Waals surface area contributed by atoms with Crippen LogP contribution in [0.4, 0.5) is 0 Å². The van der Waals surface area contributed by atoms with Gasteiger partial charge in [0.2, 0.25) is 5.79 Å². The van der Waals surface area contributed by atoms with Gasteiger partial charge in [-0.25, -0.2) is 0 Å². The highest BCUT2D eigenvalue weighted by molar-refractivity contribution is 5.85. The summed E-state index contributed by atoms with van der Waals surface area (Å²) in [7, 11) is 3.04. The molecule has 0 aromatic carbocycles. The molecule has 2 rings (SSSR count). The molecule has 0 N–H and O–H groups in total. The second-order valence-electron chi connectivity index (χ2n) is 4.72. The van der Waals surface area contributed by atoms with Gasteiger partial charge in [0.15, 0.2) is 5.60 Å². The summed E-state index contributed by atoms with van der Waals surface area (Å²) in [6.07, 6.45) is 2.34. The minimum atomic E-state index is -0.959. The molecular formula is C12H18O5. The standard InChI is InChI=1S/C12H18O5/c1-8(13)17-11-6-4-5-10(14)9(11)7-12(11,15-2)16-3/h9H,4-7H2,1-3H3/t9-,11+/m0/s1. The molecule has 0 radical (unpaired) electrons. The first kappa shape index (κ1) is 12.5. The van der Waals surface area contributed by atoms with E-state index < -0.39 is 17.4 Å². The molecular weight excluding hydrogens is 224 g/mol. The van der Waals surface area contributed by atoms with Crippen molar-refractivity contribution < 1.29 is 23.8 Å². The normalized spacial score (nSPS) is 34.8. The zero-order valence-electron chi connectivity index (χ0n) is 10.4. The summed E-state index contributed by atoms with van der Waals surface area (Å²) in [5, 5.41) is 0. The molecule has 0 spiro atoms. The SMILES string of the molecule is COC1(OC)C[C@H]2C(=O)CCC[C@@]21OC(C)=O. The van der Waals surface area contributed by atoms with E-state index >= 15 is 0 Å². The van der Waals surface area contributed by atoms with Gasteiger partial charge in [-0.3, -0.25) is 9.59 Å². The lowest BCUT2D eigenvalue weighted by atomic mass is 9.56. The van der Waals surface area contributed by atoms with Gasteiger partial charge in [0.25, 0.3) is 0 Å². The van der Waals surface area contributed by atoms with Crippen LogP contribution >= 0.6 is 0 Å². The average molecular weight is 242 g/mol. The Kier molecular flexibility index (Phi) is 2.99. The number of hydrogen-bond acceptors (Lipinski definition) is 5. The van der Waals surface area contributed by atoms with Gasteiger partial charge in [0, 0.05) is 34.0 Å². The van der Waals surface area contributed by atoms with E-state index in [0.717, 1.165) is 0 Å². The molecule has 0 aromatic heterocycles. The number of esters is 1. The first-order valence-corrected chi connectivity index (χ1v) is 5.84. The number of ether oxygens (including phenoxy) is 3. The zero-order valence-corrected chi connectivity index (χ0v) is 10.4. The molecule has 0 bridgehead atoms. The van der Waals surface area contributed by atoms with Crippen LogP contribution in [0.1, 0.15) is 32.6 Å². The molecule has 0 unspecified atom stereocenters. The molecule has 5 nitrogen and oxygen atoms in total. The Morgan fingerprint density at radius 1 is 1.35 bits per heavy atom. The van der Waals surface area contributed by atoms with Crippen LogP contribution in [0.2, 0.25) is 0 Å². The van der Waals surface area contributed by atoms with Crippen molar-refractivity contribution in [3.63, 3.8) is 0 Å². The number of ketones is 1. The van der Waals surface area contributed by atoms with Crippen LogP contribution < -0.4 is 0 Å². The van der Waals surface area contributed by atoms with E-state index in [2.05, 4.69) is 0 Å². The first-order valence-electron chi connectivity index (χ1n) is 5.84. The van der Waals surface area contributed by atoms with Gasteiger partial charge >= 0.3 is 5.97 Å². The number of Topliss-reactive ketones (excluding diaryl/α,β-unsaturated/α-hetero) is 1. The summed E-state index contributed by atoms with van der Waals surface area (Å²) in [5.41, 5.74) is -0.919. The van der Waals surface area contributed by atoms with Crippen molar-refractivity contribution in [3.8, 4) is 0 Å². The van der Waals surface area contributed by atoms with Gasteiger partial charge in [-0.1, -0.05) is 0 Å². The van der Waals surface area contributed by atoms with Crippen molar-refractivity contribution in [1.82, 2.24) is 0 Å². The Morgan fingerprint density at radius 2 is 2.00 bits per heavy atom. The van der Waals surface area contributed by atoms with Crippen molar-refractivity contribution in [2.45, 2.75) is 44.0 Å². The lowest BCUT2D eigenvalue weighted by molar-refractivity contribution is -0.378. The van der Waals surface area contributed by atoms with E-state index in [4.69, 9.17) is 14.2 Å². The van der Waals surface area contributed by atoms with Gasteiger partial charge < -0.3 is 14.2 Å². The second kappa shape index (κ2) is 4.07. The third kappa shape index (κ3) is 1.52. The first-order chi connectivity index (χ1) is 8.01. The molecule has 0 aliphatic heterocycles. The van der Waals surface area contributed by atoms with Crippen molar-refractivity contribution >= 4 is 11.8 Å². The highest BCUT2D eigenvalue weighted by Gasteiger charge is 2.72. The van der Waals surface area contributed by atoms with Crippen LogP contribution in [0.5, 0.6) is 0 Å². The molecule has 5 heteroatoms. The molecule has 0 saturated heterocycles. The predicted molar refractivity (Wildman–Crippen MR) is 58.2 cm³/mol. The number of rotatable bonds is 3. The van der Waals surface area contributed by atoms with Gasteiger partial charge in [0.05, 0.1) is 5.92 Å². The van der Waals surface area contributed by atoms with E-state index in [1.807, 2.05) is 0 Å². The minimum Gasteiger partial charge on any atom is -0.453 e. The highest BCUT2D eigenvalue weighted by atomic mass is 16.7. The smallest absolute Gasteiger partial charge is 0.303 e. The number of carbonyl (C=O) groups excluding carboxylic acids is 2. The van der Waals surface area contributed by atoms with Gasteiger partial charge in [0.1, 0.15) is 5.78 Å². The van der Waals surface area contributed by atoms with Crippen LogP contribution in [0.15, 0.2) is 0 Å². The average Bonchev–Trinajstić information content (AvgIpc) is 2.26. The van der Waals surface area contributed by atoms with E-state index in [9.17, 15) is 9.59 Å². The van der Waals surface area contributed by atoms with Crippen LogP contribution in [0.25, 0.3) is 0 Å². The zero-order chi connectivity index (χ0) is 12.7. The molecule has 2 saturated carbocycles. The van der Waals surface area contributed by atoms with E-state index in [0.29, 0.717) is 25.7 Å². The van der Waals surface area contributed by atoms with E-state index in [1.54, 1.807) is 0 Å². The third-order valence-electron chi connectivity index (χ3n) is 4.03. The molecule has 17 heavy (non-hydrogen) atoms. The van der Waals surface area contributed by atoms with Crippen LogP contribution in [-0.2, 0) is 23.8 Å². The Hall–Kier alpha value is -0.940. The number of fused-ring (bicyclic) bond motifs is 1. The van der Waals surface area contributed by atoms with Crippen molar-refractivity contribution in [2.75, 3.05) is 14.2 Å². The van der Waals surface area contributed by atoms with Gasteiger partial charge in [-0.2, -0.15) is 0 Å². The monoisotopic (exact) mass is 242 g/mol. The summed E-state index contributed by atoms with van der Waals surface area (Å²) >= 11 is 0. The third-order valence-corrected chi connectivity index (χ3v) is 4.03. The summed E-state index contributed by atoms with van der Waals surface area (Å²) < 4.78 is 16.2.